The Hall–Kier alpha value is -2.11. The lowest BCUT2D eigenvalue weighted by atomic mass is 9.70. The van der Waals surface area contributed by atoms with Crippen LogP contribution in [0.1, 0.15) is 38.2 Å². The minimum atomic E-state index is -0.892. The third kappa shape index (κ3) is 3.11. The van der Waals surface area contributed by atoms with E-state index in [1.165, 1.54) is 5.56 Å². The van der Waals surface area contributed by atoms with Gasteiger partial charge in [0.1, 0.15) is 12.4 Å². The van der Waals surface area contributed by atoms with Crippen LogP contribution in [0.25, 0.3) is 0 Å². The molecule has 154 valence electrons. The molecule has 5 aliphatic rings. The molecule has 7 nitrogen and oxygen atoms in total. The maximum atomic E-state index is 12.2. The predicted octanol–water partition coefficient (Wildman–Crippen LogP) is 2.39. The van der Waals surface area contributed by atoms with Gasteiger partial charge in [-0.25, -0.2) is 9.78 Å². The standard InChI is InChI=1S/C22H25NO6/c1-3-12-25-17-6-4-15(5-7-17)14-23-11-9-16-13-19(24)26-20-22(16)18(23)8-10-21(2,27-20)28-29-22/h1,4-7,16,18,20H,8-14H2,2H3/t16-,18+,20+,21+,22+/m0/s1. The van der Waals surface area contributed by atoms with Crippen LogP contribution in [0.15, 0.2) is 24.3 Å². The van der Waals surface area contributed by atoms with Crippen molar-refractivity contribution in [2.75, 3.05) is 13.2 Å². The van der Waals surface area contributed by atoms with Crippen LogP contribution < -0.4 is 4.74 Å². The number of fused-ring (bicyclic) bond motifs is 2. The SMILES string of the molecule is C#CCOc1ccc(CN2CC[C@H]3CC(=O)O[C@@H]4O[C@@]5(C)CC[C@@H]2[C@]34OO5)cc1. The Morgan fingerprint density at radius 2 is 2.10 bits per heavy atom. The molecule has 1 aromatic rings. The minimum absolute atomic E-state index is 0.0252. The molecule has 0 unspecified atom stereocenters. The molecule has 5 saturated heterocycles. The highest BCUT2D eigenvalue weighted by molar-refractivity contribution is 5.71. The fraction of sp³-hybridized carbons (Fsp3) is 0.591. The molecular formula is C22H25NO6. The number of esters is 1. The average Bonchev–Trinajstić information content (AvgIpc) is 2.94. The molecule has 6 rings (SSSR count). The highest BCUT2D eigenvalue weighted by atomic mass is 17.3. The fourth-order valence-corrected chi connectivity index (χ4v) is 5.17. The van der Waals surface area contributed by atoms with Crippen LogP contribution in [-0.4, -0.2) is 47.7 Å². The Bertz CT molecular complexity index is 835. The lowest BCUT2D eigenvalue weighted by Crippen LogP contribution is -2.72. The molecule has 7 heteroatoms. The molecule has 0 aromatic heterocycles. The lowest BCUT2D eigenvalue weighted by Gasteiger charge is -2.57. The number of rotatable bonds is 4. The number of nitrogens with zero attached hydrogens (tertiary/aromatic N) is 1. The highest BCUT2D eigenvalue weighted by Crippen LogP contribution is 2.54. The van der Waals surface area contributed by atoms with Gasteiger partial charge in [0.2, 0.25) is 12.1 Å². The zero-order valence-electron chi connectivity index (χ0n) is 16.5. The summed E-state index contributed by atoms with van der Waals surface area (Å²) in [7, 11) is 0. The number of terminal acetylenes is 1. The Morgan fingerprint density at radius 1 is 1.28 bits per heavy atom. The molecule has 5 fully saturated rings. The van der Waals surface area contributed by atoms with Crippen LogP contribution in [0.5, 0.6) is 5.75 Å². The molecule has 5 aliphatic heterocycles. The summed E-state index contributed by atoms with van der Waals surface area (Å²) >= 11 is 0. The van der Waals surface area contributed by atoms with Gasteiger partial charge in [-0.2, -0.15) is 0 Å². The number of carbonyl (C=O) groups excluding carboxylic acids is 1. The van der Waals surface area contributed by atoms with E-state index in [9.17, 15) is 4.79 Å². The number of hydrogen-bond acceptors (Lipinski definition) is 7. The highest BCUT2D eigenvalue weighted by Gasteiger charge is 2.68. The van der Waals surface area contributed by atoms with Crippen LogP contribution >= 0.6 is 0 Å². The Kier molecular flexibility index (Phi) is 4.56. The van der Waals surface area contributed by atoms with E-state index in [4.69, 9.17) is 30.4 Å². The maximum absolute atomic E-state index is 12.2. The second kappa shape index (κ2) is 6.99. The van der Waals surface area contributed by atoms with Gasteiger partial charge in [-0.3, -0.25) is 9.69 Å². The third-order valence-corrected chi connectivity index (χ3v) is 6.61. The summed E-state index contributed by atoms with van der Waals surface area (Å²) in [5.74, 6) is 2.14. The second-order valence-corrected chi connectivity index (χ2v) is 8.45. The van der Waals surface area contributed by atoms with Crippen molar-refractivity contribution in [2.24, 2.45) is 5.92 Å². The first-order valence-corrected chi connectivity index (χ1v) is 10.2. The first-order chi connectivity index (χ1) is 14.0. The molecule has 0 N–H and O–H groups in total. The van der Waals surface area contributed by atoms with Gasteiger partial charge in [-0.05, 0) is 44.0 Å². The molecule has 29 heavy (non-hydrogen) atoms. The van der Waals surface area contributed by atoms with Crippen LogP contribution in [0.3, 0.4) is 0 Å². The fourth-order valence-electron chi connectivity index (χ4n) is 5.17. The summed E-state index contributed by atoms with van der Waals surface area (Å²) in [6, 6.07) is 8.02. The van der Waals surface area contributed by atoms with Crippen molar-refractivity contribution in [3.05, 3.63) is 29.8 Å². The summed E-state index contributed by atoms with van der Waals surface area (Å²) in [5.41, 5.74) is 0.391. The normalized spacial score (nSPS) is 38.5. The van der Waals surface area contributed by atoms with Crippen molar-refractivity contribution in [1.29, 1.82) is 0 Å². The van der Waals surface area contributed by atoms with Gasteiger partial charge in [0.25, 0.3) is 0 Å². The van der Waals surface area contributed by atoms with Crippen molar-refractivity contribution in [2.45, 2.75) is 62.9 Å². The van der Waals surface area contributed by atoms with Crippen LogP contribution in [0.4, 0.5) is 0 Å². The Balaban J connectivity index is 1.40. The number of piperidine rings is 1. The minimum Gasteiger partial charge on any atom is -0.481 e. The van der Waals surface area contributed by atoms with Crippen molar-refractivity contribution in [3.8, 4) is 18.1 Å². The van der Waals surface area contributed by atoms with E-state index in [2.05, 4.69) is 23.0 Å². The summed E-state index contributed by atoms with van der Waals surface area (Å²) in [4.78, 5) is 26.3. The maximum Gasteiger partial charge on any atom is 0.308 e. The number of carbonyl (C=O) groups is 1. The molecule has 0 amide bonds. The largest absolute Gasteiger partial charge is 0.481 e. The van der Waals surface area contributed by atoms with Crippen molar-refractivity contribution >= 4 is 5.97 Å². The Labute approximate surface area is 170 Å². The molecule has 5 atom stereocenters. The van der Waals surface area contributed by atoms with Crippen molar-refractivity contribution < 1.29 is 28.8 Å². The molecule has 2 bridgehead atoms. The topological polar surface area (TPSA) is 66.5 Å². The molecule has 5 heterocycles. The lowest BCUT2D eigenvalue weighted by molar-refractivity contribution is -0.555. The summed E-state index contributed by atoms with van der Waals surface area (Å²) in [5, 5.41) is 0. The molecule has 1 spiro atoms. The quantitative estimate of drug-likeness (QED) is 0.438. The predicted molar refractivity (Wildman–Crippen MR) is 101 cm³/mol. The van der Waals surface area contributed by atoms with Crippen molar-refractivity contribution in [3.63, 3.8) is 0 Å². The molecule has 0 radical (unpaired) electrons. The van der Waals surface area contributed by atoms with E-state index in [0.717, 1.165) is 31.7 Å². The van der Waals surface area contributed by atoms with E-state index in [0.29, 0.717) is 12.8 Å². The first-order valence-electron chi connectivity index (χ1n) is 10.2. The van der Waals surface area contributed by atoms with E-state index < -0.39 is 17.7 Å². The summed E-state index contributed by atoms with van der Waals surface area (Å²) in [6.07, 6.45) is 7.21. The van der Waals surface area contributed by atoms with Gasteiger partial charge < -0.3 is 14.2 Å². The van der Waals surface area contributed by atoms with E-state index in [1.54, 1.807) is 0 Å². The smallest absolute Gasteiger partial charge is 0.308 e. The van der Waals surface area contributed by atoms with Gasteiger partial charge in [0.15, 0.2) is 5.60 Å². The van der Waals surface area contributed by atoms with Crippen molar-refractivity contribution in [1.82, 2.24) is 4.90 Å². The molecular weight excluding hydrogens is 374 g/mol. The van der Waals surface area contributed by atoms with E-state index in [1.807, 2.05) is 19.1 Å². The van der Waals surface area contributed by atoms with Crippen LogP contribution in [0, 0.1) is 18.3 Å². The third-order valence-electron chi connectivity index (χ3n) is 6.61. The number of benzene rings is 1. The molecule has 0 aliphatic carbocycles. The monoisotopic (exact) mass is 399 g/mol. The zero-order chi connectivity index (χ0) is 20.1. The van der Waals surface area contributed by atoms with Gasteiger partial charge in [-0.15, -0.1) is 6.42 Å². The van der Waals surface area contributed by atoms with Crippen LogP contribution in [-0.2, 0) is 30.6 Å². The average molecular weight is 399 g/mol. The van der Waals surface area contributed by atoms with Gasteiger partial charge in [-0.1, -0.05) is 18.1 Å². The van der Waals surface area contributed by atoms with E-state index >= 15 is 0 Å². The molecule has 0 saturated carbocycles. The number of likely N-dealkylation sites (tertiary alicyclic amines) is 1. The summed E-state index contributed by atoms with van der Waals surface area (Å²) < 4.78 is 17.2. The first kappa shape index (κ1) is 18.9. The number of hydrogen-bond donors (Lipinski definition) is 0. The molecule has 1 aromatic carbocycles. The van der Waals surface area contributed by atoms with Crippen LogP contribution in [0.2, 0.25) is 0 Å². The second-order valence-electron chi connectivity index (χ2n) is 8.45. The zero-order valence-corrected chi connectivity index (χ0v) is 16.5. The van der Waals surface area contributed by atoms with Gasteiger partial charge >= 0.3 is 5.97 Å². The van der Waals surface area contributed by atoms with Gasteiger partial charge in [0, 0.05) is 24.9 Å². The summed E-state index contributed by atoms with van der Waals surface area (Å²) in [6.45, 7) is 3.74. The van der Waals surface area contributed by atoms with E-state index in [-0.39, 0.29) is 24.5 Å². The van der Waals surface area contributed by atoms with Gasteiger partial charge in [0.05, 0.1) is 6.42 Å². The number of ether oxygens (including phenoxy) is 3. The Morgan fingerprint density at radius 3 is 2.90 bits per heavy atom.